The standard InChI is InChI=1S/C25H30N4O2/c1-17(2)31-22-15-19(4)27-25(16-22)24-13-7-10-21(28-24)11-8-14-30-29-20(5)23-12-6-9-18(3)26-23/h6-7,9-10,12-13,15-17H,8,11,14H2,1-5H3/b29-20+. The number of aromatic nitrogens is 3. The van der Waals surface area contributed by atoms with Gasteiger partial charge in [0, 0.05) is 29.2 Å². The molecule has 0 aromatic carbocycles. The molecule has 0 unspecified atom stereocenters. The van der Waals surface area contributed by atoms with Gasteiger partial charge in [0.15, 0.2) is 0 Å². The Balaban J connectivity index is 1.58. The molecule has 3 heterocycles. The van der Waals surface area contributed by atoms with Gasteiger partial charge in [0.25, 0.3) is 0 Å². The van der Waals surface area contributed by atoms with Crippen molar-refractivity contribution >= 4 is 5.71 Å². The van der Waals surface area contributed by atoms with Crippen molar-refractivity contribution in [1.82, 2.24) is 15.0 Å². The Morgan fingerprint density at radius 1 is 0.935 bits per heavy atom. The van der Waals surface area contributed by atoms with Crippen LogP contribution in [0.5, 0.6) is 5.75 Å². The minimum atomic E-state index is 0.113. The first-order valence-corrected chi connectivity index (χ1v) is 10.6. The number of hydrogen-bond acceptors (Lipinski definition) is 6. The molecule has 3 aromatic rings. The molecule has 6 heteroatoms. The molecule has 3 aromatic heterocycles. The molecule has 0 aliphatic rings. The highest BCUT2D eigenvalue weighted by Gasteiger charge is 2.08. The fraction of sp³-hybridized carbons (Fsp3) is 0.360. The Hall–Kier alpha value is -3.28. The Morgan fingerprint density at radius 2 is 1.74 bits per heavy atom. The molecule has 0 saturated heterocycles. The Morgan fingerprint density at radius 3 is 2.52 bits per heavy atom. The summed E-state index contributed by atoms with van der Waals surface area (Å²) in [5, 5.41) is 4.18. The lowest BCUT2D eigenvalue weighted by atomic mass is 10.1. The van der Waals surface area contributed by atoms with Crippen LogP contribution in [-0.2, 0) is 11.3 Å². The first kappa shape index (κ1) is 22.4. The van der Waals surface area contributed by atoms with Crippen LogP contribution in [-0.4, -0.2) is 33.4 Å². The summed E-state index contributed by atoms with van der Waals surface area (Å²) in [5.74, 6) is 0.814. The minimum absolute atomic E-state index is 0.113. The maximum atomic E-state index is 5.84. The van der Waals surface area contributed by atoms with Crippen LogP contribution in [0.4, 0.5) is 0 Å². The van der Waals surface area contributed by atoms with Gasteiger partial charge < -0.3 is 9.57 Å². The van der Waals surface area contributed by atoms with E-state index < -0.39 is 0 Å². The first-order chi connectivity index (χ1) is 14.9. The van der Waals surface area contributed by atoms with Gasteiger partial charge in [-0.1, -0.05) is 17.3 Å². The van der Waals surface area contributed by atoms with Crippen LogP contribution in [0.15, 0.2) is 53.7 Å². The van der Waals surface area contributed by atoms with E-state index in [1.807, 2.05) is 83.1 Å². The lowest BCUT2D eigenvalue weighted by molar-refractivity contribution is 0.141. The van der Waals surface area contributed by atoms with Crippen molar-refractivity contribution in [2.45, 2.75) is 53.6 Å². The number of rotatable bonds is 9. The van der Waals surface area contributed by atoms with Crippen molar-refractivity contribution in [2.75, 3.05) is 6.61 Å². The Bertz CT molecular complexity index is 1050. The van der Waals surface area contributed by atoms with Crippen molar-refractivity contribution in [3.63, 3.8) is 0 Å². The highest BCUT2D eigenvalue weighted by molar-refractivity contribution is 5.96. The molecule has 3 rings (SSSR count). The lowest BCUT2D eigenvalue weighted by Gasteiger charge is -2.12. The summed E-state index contributed by atoms with van der Waals surface area (Å²) in [4.78, 5) is 19.3. The third-order valence-electron chi connectivity index (χ3n) is 4.50. The van der Waals surface area contributed by atoms with Crippen molar-refractivity contribution < 1.29 is 9.57 Å². The molecular formula is C25H30N4O2. The van der Waals surface area contributed by atoms with Crippen LogP contribution in [0.3, 0.4) is 0 Å². The summed E-state index contributed by atoms with van der Waals surface area (Å²) in [6.07, 6.45) is 1.73. The van der Waals surface area contributed by atoms with E-state index in [0.717, 1.165) is 58.5 Å². The third kappa shape index (κ3) is 6.88. The van der Waals surface area contributed by atoms with E-state index in [9.17, 15) is 0 Å². The second kappa shape index (κ2) is 10.7. The molecular weight excluding hydrogens is 388 g/mol. The molecule has 0 spiro atoms. The number of nitrogens with zero attached hydrogens (tertiary/aromatic N) is 4. The molecule has 0 radical (unpaired) electrons. The van der Waals surface area contributed by atoms with Gasteiger partial charge in [-0.2, -0.15) is 0 Å². The summed E-state index contributed by atoms with van der Waals surface area (Å²) in [6.45, 7) is 10.4. The summed E-state index contributed by atoms with van der Waals surface area (Å²) in [7, 11) is 0. The summed E-state index contributed by atoms with van der Waals surface area (Å²) >= 11 is 0. The minimum Gasteiger partial charge on any atom is -0.491 e. The molecule has 0 aliphatic heterocycles. The molecule has 0 saturated carbocycles. The van der Waals surface area contributed by atoms with Gasteiger partial charge in [0.2, 0.25) is 0 Å². The third-order valence-corrected chi connectivity index (χ3v) is 4.50. The molecule has 0 aliphatic carbocycles. The largest absolute Gasteiger partial charge is 0.491 e. The van der Waals surface area contributed by atoms with E-state index in [0.29, 0.717) is 6.61 Å². The van der Waals surface area contributed by atoms with Crippen molar-refractivity contribution in [3.8, 4) is 17.1 Å². The van der Waals surface area contributed by atoms with Crippen molar-refractivity contribution in [3.05, 3.63) is 71.3 Å². The molecule has 162 valence electrons. The van der Waals surface area contributed by atoms with E-state index in [1.54, 1.807) is 0 Å². The number of ether oxygens (including phenoxy) is 1. The molecule has 0 atom stereocenters. The first-order valence-electron chi connectivity index (χ1n) is 10.6. The maximum Gasteiger partial charge on any atom is 0.123 e. The second-order valence-corrected chi connectivity index (χ2v) is 7.79. The molecule has 0 bridgehead atoms. The van der Waals surface area contributed by atoms with Crippen LogP contribution < -0.4 is 4.74 Å². The predicted octanol–water partition coefficient (Wildman–Crippen LogP) is 5.32. The van der Waals surface area contributed by atoms with Gasteiger partial charge in [-0.25, -0.2) is 0 Å². The Labute approximate surface area is 184 Å². The van der Waals surface area contributed by atoms with Gasteiger partial charge in [-0.15, -0.1) is 0 Å². The zero-order valence-corrected chi connectivity index (χ0v) is 18.9. The average Bonchev–Trinajstić information content (AvgIpc) is 2.72. The van der Waals surface area contributed by atoms with Gasteiger partial charge in [-0.3, -0.25) is 15.0 Å². The van der Waals surface area contributed by atoms with E-state index in [4.69, 9.17) is 14.6 Å². The monoisotopic (exact) mass is 418 g/mol. The van der Waals surface area contributed by atoms with Crippen LogP contribution in [0.2, 0.25) is 0 Å². The van der Waals surface area contributed by atoms with Crippen LogP contribution in [0.1, 0.15) is 50.0 Å². The molecule has 0 amide bonds. The number of pyridine rings is 3. The van der Waals surface area contributed by atoms with Crippen LogP contribution >= 0.6 is 0 Å². The lowest BCUT2D eigenvalue weighted by Crippen LogP contribution is -2.06. The van der Waals surface area contributed by atoms with Crippen LogP contribution in [0, 0.1) is 13.8 Å². The van der Waals surface area contributed by atoms with Gasteiger partial charge in [-0.05, 0) is 71.7 Å². The van der Waals surface area contributed by atoms with E-state index >= 15 is 0 Å². The molecule has 31 heavy (non-hydrogen) atoms. The van der Waals surface area contributed by atoms with Crippen molar-refractivity contribution in [1.29, 1.82) is 0 Å². The van der Waals surface area contributed by atoms with E-state index in [-0.39, 0.29) is 6.10 Å². The summed E-state index contributed by atoms with van der Waals surface area (Å²) in [5.41, 5.74) is 6.13. The van der Waals surface area contributed by atoms with Crippen LogP contribution in [0.25, 0.3) is 11.4 Å². The average molecular weight is 419 g/mol. The van der Waals surface area contributed by atoms with E-state index in [1.165, 1.54) is 0 Å². The summed E-state index contributed by atoms with van der Waals surface area (Å²) in [6, 6.07) is 15.8. The fourth-order valence-corrected chi connectivity index (χ4v) is 3.12. The zero-order valence-electron chi connectivity index (χ0n) is 18.9. The number of aryl methyl sites for hydroxylation is 3. The SMILES string of the molecule is C/C(=N\OCCCc1cccc(-c2cc(OC(C)C)cc(C)n2)n1)c1cccc(C)n1. The van der Waals surface area contributed by atoms with Crippen molar-refractivity contribution in [2.24, 2.45) is 5.16 Å². The maximum absolute atomic E-state index is 5.84. The topological polar surface area (TPSA) is 69.5 Å². The van der Waals surface area contributed by atoms with Gasteiger partial charge in [0.1, 0.15) is 18.1 Å². The highest BCUT2D eigenvalue weighted by Crippen LogP contribution is 2.23. The number of hydrogen-bond donors (Lipinski definition) is 0. The fourth-order valence-electron chi connectivity index (χ4n) is 3.12. The van der Waals surface area contributed by atoms with Gasteiger partial charge >= 0.3 is 0 Å². The van der Waals surface area contributed by atoms with E-state index in [2.05, 4.69) is 15.1 Å². The summed E-state index contributed by atoms with van der Waals surface area (Å²) < 4.78 is 5.84. The Kier molecular flexibility index (Phi) is 7.70. The molecule has 6 nitrogen and oxygen atoms in total. The predicted molar refractivity (Wildman–Crippen MR) is 123 cm³/mol. The smallest absolute Gasteiger partial charge is 0.123 e. The molecule has 0 N–H and O–H groups in total. The quantitative estimate of drug-likeness (QED) is 0.267. The number of oxime groups is 1. The second-order valence-electron chi connectivity index (χ2n) is 7.79. The zero-order chi connectivity index (χ0) is 22.2. The highest BCUT2D eigenvalue weighted by atomic mass is 16.6. The molecule has 0 fully saturated rings. The van der Waals surface area contributed by atoms with Gasteiger partial charge in [0.05, 0.1) is 23.2 Å². The normalized spacial score (nSPS) is 11.6.